The fourth-order valence-electron chi connectivity index (χ4n) is 1.68. The van der Waals surface area contributed by atoms with Crippen molar-refractivity contribution < 1.29 is 4.79 Å². The molecule has 0 bridgehead atoms. The third kappa shape index (κ3) is 1.78. The lowest BCUT2D eigenvalue weighted by molar-refractivity contribution is 0.0930. The number of fused-ring (bicyclic) bond motifs is 1. The summed E-state index contributed by atoms with van der Waals surface area (Å²) >= 11 is 3.37. The summed E-state index contributed by atoms with van der Waals surface area (Å²) in [6, 6.07) is 7.68. The second-order valence-electron chi connectivity index (χ2n) is 3.62. The number of benzene rings is 1. The zero-order valence-corrected chi connectivity index (χ0v) is 10.2. The lowest BCUT2D eigenvalue weighted by Crippen LogP contribution is -2.38. The third-order valence-electron chi connectivity index (χ3n) is 2.52. The van der Waals surface area contributed by atoms with Gasteiger partial charge in [-0.2, -0.15) is 5.21 Å². The standard InChI is InChI=1S/C10H8BrN5O/c11-6-3-1-5(2-4-6)8-12-9-7(10(17)13-8)14-16-15-9/h1-4,8H,(H,13,17)(H2,12,14,15,16). The highest BCUT2D eigenvalue weighted by Crippen LogP contribution is 2.23. The molecular weight excluding hydrogens is 286 g/mol. The highest BCUT2D eigenvalue weighted by atomic mass is 79.9. The monoisotopic (exact) mass is 293 g/mol. The minimum Gasteiger partial charge on any atom is -0.343 e. The Hall–Kier alpha value is -1.89. The molecule has 0 radical (unpaired) electrons. The molecule has 6 nitrogen and oxygen atoms in total. The molecule has 2 heterocycles. The summed E-state index contributed by atoms with van der Waals surface area (Å²) in [4.78, 5) is 11.7. The van der Waals surface area contributed by atoms with Crippen LogP contribution in [0.25, 0.3) is 0 Å². The number of nitrogens with zero attached hydrogens (tertiary/aromatic N) is 2. The van der Waals surface area contributed by atoms with Crippen molar-refractivity contribution in [2.75, 3.05) is 5.32 Å². The molecule has 0 saturated heterocycles. The summed E-state index contributed by atoms with van der Waals surface area (Å²) in [5, 5.41) is 16.0. The van der Waals surface area contributed by atoms with Gasteiger partial charge in [0.1, 0.15) is 6.17 Å². The van der Waals surface area contributed by atoms with Gasteiger partial charge < -0.3 is 10.6 Å². The van der Waals surface area contributed by atoms with Crippen LogP contribution in [0, 0.1) is 0 Å². The van der Waals surface area contributed by atoms with Gasteiger partial charge in [0.05, 0.1) is 0 Å². The van der Waals surface area contributed by atoms with Crippen molar-refractivity contribution in [1.82, 2.24) is 20.7 Å². The predicted molar refractivity (Wildman–Crippen MR) is 64.4 cm³/mol. The number of aromatic amines is 1. The molecule has 1 atom stereocenters. The van der Waals surface area contributed by atoms with E-state index in [1.807, 2.05) is 24.3 Å². The van der Waals surface area contributed by atoms with Crippen LogP contribution in [0.2, 0.25) is 0 Å². The summed E-state index contributed by atoms with van der Waals surface area (Å²) in [5.41, 5.74) is 1.24. The zero-order chi connectivity index (χ0) is 11.8. The fourth-order valence-corrected chi connectivity index (χ4v) is 1.95. The Morgan fingerprint density at radius 1 is 1.12 bits per heavy atom. The molecule has 3 rings (SSSR count). The van der Waals surface area contributed by atoms with Crippen molar-refractivity contribution in [3.8, 4) is 0 Å². The van der Waals surface area contributed by atoms with Crippen LogP contribution in [0.1, 0.15) is 22.2 Å². The molecular formula is C10H8BrN5O. The lowest BCUT2D eigenvalue weighted by Gasteiger charge is -2.24. The van der Waals surface area contributed by atoms with Crippen molar-refractivity contribution in [3.63, 3.8) is 0 Å². The van der Waals surface area contributed by atoms with Gasteiger partial charge in [-0.25, -0.2) is 0 Å². The topological polar surface area (TPSA) is 82.7 Å². The minimum atomic E-state index is -0.284. The highest BCUT2D eigenvalue weighted by molar-refractivity contribution is 9.10. The largest absolute Gasteiger partial charge is 0.343 e. The van der Waals surface area contributed by atoms with E-state index in [1.54, 1.807) is 0 Å². The van der Waals surface area contributed by atoms with Crippen LogP contribution < -0.4 is 10.6 Å². The Balaban J connectivity index is 1.93. The molecule has 0 saturated carbocycles. The van der Waals surface area contributed by atoms with Crippen LogP contribution in [0.3, 0.4) is 0 Å². The molecule has 1 unspecified atom stereocenters. The van der Waals surface area contributed by atoms with Crippen LogP contribution in [0.15, 0.2) is 28.7 Å². The molecule has 86 valence electrons. The second kappa shape index (κ2) is 3.85. The van der Waals surface area contributed by atoms with E-state index in [1.165, 1.54) is 0 Å². The third-order valence-corrected chi connectivity index (χ3v) is 3.05. The van der Waals surface area contributed by atoms with Gasteiger partial charge in [-0.05, 0) is 17.7 Å². The molecule has 0 aliphatic carbocycles. The first-order valence-corrected chi connectivity index (χ1v) is 5.77. The molecule has 0 fully saturated rings. The summed E-state index contributed by atoms with van der Waals surface area (Å²) in [7, 11) is 0. The second-order valence-corrected chi connectivity index (χ2v) is 4.54. The number of hydrogen-bond acceptors (Lipinski definition) is 4. The number of halogens is 1. The number of aromatic nitrogens is 3. The van der Waals surface area contributed by atoms with E-state index < -0.39 is 0 Å². The average Bonchev–Trinajstić information content (AvgIpc) is 2.78. The van der Waals surface area contributed by atoms with Crippen LogP contribution >= 0.6 is 15.9 Å². The number of rotatable bonds is 1. The first kappa shape index (κ1) is 10.3. The molecule has 0 spiro atoms. The summed E-state index contributed by atoms with van der Waals surface area (Å²) in [5.74, 6) is 0.238. The van der Waals surface area contributed by atoms with E-state index in [9.17, 15) is 4.79 Å². The smallest absolute Gasteiger partial charge is 0.277 e. The van der Waals surface area contributed by atoms with Crippen LogP contribution in [-0.4, -0.2) is 21.3 Å². The van der Waals surface area contributed by atoms with Gasteiger partial charge in [-0.1, -0.05) is 28.1 Å². The Morgan fingerprint density at radius 3 is 2.65 bits per heavy atom. The molecule has 17 heavy (non-hydrogen) atoms. The minimum absolute atomic E-state index is 0.236. The van der Waals surface area contributed by atoms with Crippen molar-refractivity contribution in [3.05, 3.63) is 40.0 Å². The van der Waals surface area contributed by atoms with Crippen molar-refractivity contribution in [1.29, 1.82) is 0 Å². The normalized spacial score (nSPS) is 18.2. The highest BCUT2D eigenvalue weighted by Gasteiger charge is 2.27. The molecule has 1 amide bonds. The number of amides is 1. The number of H-pyrrole nitrogens is 1. The van der Waals surface area contributed by atoms with Gasteiger partial charge in [0.15, 0.2) is 11.5 Å². The quantitative estimate of drug-likeness (QED) is 0.743. The Bertz CT molecular complexity index is 564. The SMILES string of the molecule is O=C1NC(c2ccc(Br)cc2)Nc2n[nH]nc21. The van der Waals surface area contributed by atoms with Gasteiger partial charge >= 0.3 is 0 Å². The predicted octanol–water partition coefficient (Wildman–Crippen LogP) is 1.42. The molecule has 1 aromatic carbocycles. The van der Waals surface area contributed by atoms with Gasteiger partial charge in [-0.15, -0.1) is 10.2 Å². The van der Waals surface area contributed by atoms with Crippen LogP contribution in [0.4, 0.5) is 5.82 Å². The van der Waals surface area contributed by atoms with Crippen molar-refractivity contribution in [2.45, 2.75) is 6.17 Å². The number of anilines is 1. The average molecular weight is 294 g/mol. The number of carbonyl (C=O) groups excluding carboxylic acids is 1. The van der Waals surface area contributed by atoms with Gasteiger partial charge in [0, 0.05) is 4.47 Å². The first-order valence-electron chi connectivity index (χ1n) is 4.97. The van der Waals surface area contributed by atoms with Gasteiger partial charge in [0.2, 0.25) is 0 Å². The Kier molecular flexibility index (Phi) is 2.32. The van der Waals surface area contributed by atoms with E-state index in [-0.39, 0.29) is 12.1 Å². The fraction of sp³-hybridized carbons (Fsp3) is 0.100. The summed E-state index contributed by atoms with van der Waals surface area (Å²) in [6.45, 7) is 0. The first-order chi connectivity index (χ1) is 8.24. The summed E-state index contributed by atoms with van der Waals surface area (Å²) < 4.78 is 0.991. The Morgan fingerprint density at radius 2 is 1.88 bits per heavy atom. The maximum atomic E-state index is 11.7. The lowest BCUT2D eigenvalue weighted by atomic mass is 10.1. The molecule has 1 aliphatic rings. The van der Waals surface area contributed by atoms with Crippen LogP contribution in [-0.2, 0) is 0 Å². The maximum Gasteiger partial charge on any atom is 0.277 e. The van der Waals surface area contributed by atoms with E-state index in [2.05, 4.69) is 42.0 Å². The Labute approximate surface area is 105 Å². The van der Waals surface area contributed by atoms with E-state index in [4.69, 9.17) is 0 Å². The molecule has 2 aromatic rings. The molecule has 3 N–H and O–H groups in total. The molecule has 7 heteroatoms. The maximum absolute atomic E-state index is 11.7. The van der Waals surface area contributed by atoms with E-state index >= 15 is 0 Å². The number of hydrogen-bond donors (Lipinski definition) is 3. The van der Waals surface area contributed by atoms with E-state index in [0.29, 0.717) is 11.5 Å². The number of carbonyl (C=O) groups is 1. The van der Waals surface area contributed by atoms with Crippen LogP contribution in [0.5, 0.6) is 0 Å². The molecule has 1 aromatic heterocycles. The van der Waals surface area contributed by atoms with E-state index in [0.717, 1.165) is 10.0 Å². The van der Waals surface area contributed by atoms with Crippen molar-refractivity contribution in [2.24, 2.45) is 0 Å². The number of nitrogens with one attached hydrogen (secondary N) is 3. The van der Waals surface area contributed by atoms with Gasteiger partial charge in [-0.3, -0.25) is 4.79 Å². The summed E-state index contributed by atoms with van der Waals surface area (Å²) in [6.07, 6.45) is -0.284. The molecule has 1 aliphatic heterocycles. The van der Waals surface area contributed by atoms with Crippen molar-refractivity contribution >= 4 is 27.7 Å². The van der Waals surface area contributed by atoms with Gasteiger partial charge in [0.25, 0.3) is 5.91 Å². The zero-order valence-electron chi connectivity index (χ0n) is 8.57.